The van der Waals surface area contributed by atoms with E-state index in [4.69, 9.17) is 4.99 Å². The van der Waals surface area contributed by atoms with E-state index in [2.05, 4.69) is 22.3 Å². The molecule has 0 aliphatic carbocycles. The highest BCUT2D eigenvalue weighted by molar-refractivity contribution is 6.40. The molecule has 0 saturated heterocycles. The zero-order valence-electron chi connectivity index (χ0n) is 26.1. The van der Waals surface area contributed by atoms with Gasteiger partial charge in [0.15, 0.2) is 0 Å². The molecule has 0 radical (unpaired) electrons. The Labute approximate surface area is 276 Å². The van der Waals surface area contributed by atoms with Gasteiger partial charge in [-0.2, -0.15) is 20.2 Å². The van der Waals surface area contributed by atoms with Gasteiger partial charge in [-0.15, -0.1) is 0 Å². The number of para-hydroxylation sites is 2. The SMILES string of the molecule is CC1=NN(c2ccccc2)C(=O)/C1=C/C1C(=O)N(c2ccccc2)N=C1C.O=C1c2ccccc2C2=Nc3cccc4cccc(c34)N12. The fourth-order valence-corrected chi connectivity index (χ4v) is 6.38. The van der Waals surface area contributed by atoms with Crippen molar-refractivity contribution in [1.82, 2.24) is 0 Å². The number of carbonyl (C=O) groups is 3. The third-order valence-corrected chi connectivity index (χ3v) is 8.72. The van der Waals surface area contributed by atoms with Crippen molar-refractivity contribution in [3.63, 3.8) is 0 Å². The average Bonchev–Trinajstić information content (AvgIpc) is 3.69. The van der Waals surface area contributed by atoms with Gasteiger partial charge in [-0.1, -0.05) is 84.9 Å². The molecule has 232 valence electrons. The molecular weight excluding hydrogens is 600 g/mol. The number of nitrogens with zero attached hydrogens (tertiary/aromatic N) is 6. The maximum atomic E-state index is 12.9. The third kappa shape index (κ3) is 4.63. The van der Waals surface area contributed by atoms with Crippen LogP contribution in [0.1, 0.15) is 29.8 Å². The number of benzene rings is 5. The molecule has 1 atom stereocenters. The fourth-order valence-electron chi connectivity index (χ4n) is 6.38. The summed E-state index contributed by atoms with van der Waals surface area (Å²) >= 11 is 0. The molecule has 9 rings (SSSR count). The number of hydrogen-bond acceptors (Lipinski definition) is 6. The van der Waals surface area contributed by atoms with Crippen LogP contribution in [-0.2, 0) is 9.59 Å². The number of amides is 3. The summed E-state index contributed by atoms with van der Waals surface area (Å²) in [5.74, 6) is -0.249. The molecule has 5 aromatic rings. The Bertz CT molecular complexity index is 2290. The number of amidine groups is 1. The summed E-state index contributed by atoms with van der Waals surface area (Å²) in [6, 6.07) is 38.2. The Morgan fingerprint density at radius 3 is 1.96 bits per heavy atom. The molecule has 0 fully saturated rings. The number of fused-ring (bicyclic) bond motifs is 4. The molecule has 9 heteroatoms. The van der Waals surface area contributed by atoms with Gasteiger partial charge in [0.1, 0.15) is 5.84 Å². The number of hydrogen-bond donors (Lipinski definition) is 0. The van der Waals surface area contributed by atoms with E-state index >= 15 is 0 Å². The van der Waals surface area contributed by atoms with Gasteiger partial charge >= 0.3 is 0 Å². The highest BCUT2D eigenvalue weighted by atomic mass is 16.2. The third-order valence-electron chi connectivity index (χ3n) is 8.72. The maximum Gasteiger partial charge on any atom is 0.280 e. The van der Waals surface area contributed by atoms with E-state index in [0.29, 0.717) is 28.4 Å². The van der Waals surface area contributed by atoms with Crippen LogP contribution in [0.15, 0.2) is 148 Å². The van der Waals surface area contributed by atoms with Crippen molar-refractivity contribution in [3.05, 3.63) is 144 Å². The van der Waals surface area contributed by atoms with Crippen molar-refractivity contribution in [3.8, 4) is 0 Å². The standard InChI is InChI=1S/C21H18N4O2.C18H10N2O/c1-14-18(20(26)24(22-14)16-9-5-3-6-10-16)13-19-15(2)23-25(21(19)27)17-11-7-4-8-12-17;21-18-13-8-2-1-7-12(13)17-19-14-9-3-5-11-6-4-10-15(16(11)14)20(17)18/h3-13,18H,1-2H3;1-10H/b19-13+;. The van der Waals surface area contributed by atoms with E-state index in [1.807, 2.05) is 109 Å². The molecule has 5 aromatic carbocycles. The number of hydrazone groups is 2. The Kier molecular flexibility index (Phi) is 6.87. The monoisotopic (exact) mass is 628 g/mol. The molecule has 4 aliphatic rings. The predicted octanol–water partition coefficient (Wildman–Crippen LogP) is 7.27. The quantitative estimate of drug-likeness (QED) is 0.197. The van der Waals surface area contributed by atoms with Gasteiger partial charge in [0.25, 0.3) is 17.7 Å². The molecule has 0 spiro atoms. The zero-order chi connectivity index (χ0) is 32.9. The molecule has 48 heavy (non-hydrogen) atoms. The van der Waals surface area contributed by atoms with Crippen molar-refractivity contribution in [2.75, 3.05) is 14.9 Å². The summed E-state index contributed by atoms with van der Waals surface area (Å²) in [6.07, 6.45) is 1.67. The fraction of sp³-hybridized carbons (Fsp3) is 0.0769. The van der Waals surface area contributed by atoms with Crippen LogP contribution in [0.5, 0.6) is 0 Å². The second-order valence-corrected chi connectivity index (χ2v) is 11.7. The minimum absolute atomic E-state index is 0.00588. The molecule has 4 heterocycles. The van der Waals surface area contributed by atoms with Crippen molar-refractivity contribution in [1.29, 1.82) is 0 Å². The van der Waals surface area contributed by atoms with Gasteiger partial charge in [0.05, 0.1) is 51.2 Å². The first-order valence-electron chi connectivity index (χ1n) is 15.6. The van der Waals surface area contributed by atoms with Crippen molar-refractivity contribution >= 4 is 68.5 Å². The summed E-state index contributed by atoms with van der Waals surface area (Å²) in [5, 5.41) is 13.6. The van der Waals surface area contributed by atoms with Gasteiger partial charge < -0.3 is 0 Å². The normalized spacial score (nSPS) is 18.4. The minimum atomic E-state index is -0.579. The molecule has 3 amide bonds. The van der Waals surface area contributed by atoms with E-state index in [1.54, 1.807) is 24.8 Å². The molecule has 1 unspecified atom stereocenters. The van der Waals surface area contributed by atoms with Gasteiger partial charge in [-0.25, -0.2) is 4.99 Å². The lowest BCUT2D eigenvalue weighted by Crippen LogP contribution is -2.31. The minimum Gasteiger partial charge on any atom is -0.271 e. The van der Waals surface area contributed by atoms with E-state index in [9.17, 15) is 14.4 Å². The largest absolute Gasteiger partial charge is 0.280 e. The van der Waals surface area contributed by atoms with Gasteiger partial charge in [-0.05, 0) is 61.7 Å². The molecular formula is C39H28N6O3. The lowest BCUT2D eigenvalue weighted by molar-refractivity contribution is -0.118. The predicted molar refractivity (Wildman–Crippen MR) is 189 cm³/mol. The van der Waals surface area contributed by atoms with Crippen molar-refractivity contribution in [2.45, 2.75) is 13.8 Å². The number of carbonyl (C=O) groups excluding carboxylic acids is 3. The van der Waals surface area contributed by atoms with E-state index < -0.39 is 5.92 Å². The van der Waals surface area contributed by atoms with Crippen LogP contribution in [-0.4, -0.2) is 35.0 Å². The Hall–Kier alpha value is -6.48. The number of aliphatic imine (C=N–C) groups is 1. The molecule has 0 bridgehead atoms. The van der Waals surface area contributed by atoms with Crippen LogP contribution in [0, 0.1) is 5.92 Å². The Morgan fingerprint density at radius 1 is 0.625 bits per heavy atom. The summed E-state index contributed by atoms with van der Waals surface area (Å²) in [5.41, 5.74) is 6.55. The van der Waals surface area contributed by atoms with Crippen LogP contribution in [0.3, 0.4) is 0 Å². The van der Waals surface area contributed by atoms with Crippen LogP contribution < -0.4 is 14.9 Å². The molecule has 4 aliphatic heterocycles. The lowest BCUT2D eigenvalue weighted by atomic mass is 9.98. The van der Waals surface area contributed by atoms with E-state index in [1.165, 1.54) is 10.0 Å². The van der Waals surface area contributed by atoms with Crippen molar-refractivity contribution in [2.24, 2.45) is 21.1 Å². The van der Waals surface area contributed by atoms with E-state index in [0.717, 1.165) is 39.1 Å². The van der Waals surface area contributed by atoms with Gasteiger partial charge in [0, 0.05) is 10.9 Å². The Morgan fingerprint density at radius 2 is 1.25 bits per heavy atom. The van der Waals surface area contributed by atoms with Crippen LogP contribution in [0.2, 0.25) is 0 Å². The summed E-state index contributed by atoms with van der Waals surface area (Å²) < 4.78 is 0. The molecule has 0 saturated carbocycles. The first-order chi connectivity index (χ1) is 23.4. The summed E-state index contributed by atoms with van der Waals surface area (Å²) in [6.45, 7) is 3.57. The summed E-state index contributed by atoms with van der Waals surface area (Å²) in [7, 11) is 0. The highest BCUT2D eigenvalue weighted by Crippen LogP contribution is 2.42. The second kappa shape index (κ2) is 11.4. The lowest BCUT2D eigenvalue weighted by Gasteiger charge is -2.24. The van der Waals surface area contributed by atoms with Crippen molar-refractivity contribution < 1.29 is 14.4 Å². The molecule has 0 N–H and O–H groups in total. The molecule has 0 aromatic heterocycles. The topological polar surface area (TPSA) is 98.0 Å². The number of rotatable bonds is 3. The smallest absolute Gasteiger partial charge is 0.271 e. The van der Waals surface area contributed by atoms with E-state index in [-0.39, 0.29) is 17.7 Å². The van der Waals surface area contributed by atoms with Gasteiger partial charge in [-0.3, -0.25) is 19.3 Å². The van der Waals surface area contributed by atoms with Crippen LogP contribution >= 0.6 is 0 Å². The summed E-state index contributed by atoms with van der Waals surface area (Å²) in [4.78, 5) is 44.9. The zero-order valence-corrected chi connectivity index (χ0v) is 26.1. The average molecular weight is 629 g/mol. The van der Waals surface area contributed by atoms with Gasteiger partial charge in [0.2, 0.25) is 0 Å². The highest BCUT2D eigenvalue weighted by Gasteiger charge is 2.38. The Balaban J connectivity index is 0.000000144. The maximum absolute atomic E-state index is 12.9. The van der Waals surface area contributed by atoms with Crippen LogP contribution in [0.4, 0.5) is 22.7 Å². The first-order valence-corrected chi connectivity index (χ1v) is 15.6. The molecule has 9 nitrogen and oxygen atoms in total. The number of anilines is 3. The second-order valence-electron chi connectivity index (χ2n) is 11.7. The van der Waals surface area contributed by atoms with Crippen LogP contribution in [0.25, 0.3) is 10.8 Å². The first kappa shape index (κ1) is 29.0.